The second kappa shape index (κ2) is 8.85. The lowest BCUT2D eigenvalue weighted by atomic mass is 9.95. The fraction of sp³-hybridized carbons (Fsp3) is 0.238. The summed E-state index contributed by atoms with van der Waals surface area (Å²) in [6, 6.07) is 16.4. The van der Waals surface area contributed by atoms with Crippen molar-refractivity contribution in [1.29, 1.82) is 0 Å². The molecule has 0 atom stereocenters. The minimum absolute atomic E-state index is 0.0285. The van der Waals surface area contributed by atoms with Crippen LogP contribution < -0.4 is 14.9 Å². The molecule has 9 heteroatoms. The van der Waals surface area contributed by atoms with Gasteiger partial charge in [-0.25, -0.2) is 13.4 Å². The van der Waals surface area contributed by atoms with E-state index in [-0.39, 0.29) is 16.7 Å². The number of anilines is 3. The summed E-state index contributed by atoms with van der Waals surface area (Å²) in [5.74, 6) is -0.0841. The maximum atomic E-state index is 12.6. The Morgan fingerprint density at radius 3 is 2.37 bits per heavy atom. The third-order valence-corrected chi connectivity index (χ3v) is 7.25. The summed E-state index contributed by atoms with van der Waals surface area (Å²) in [5, 5.41) is 4.92. The Hall–Kier alpha value is -2.91. The number of sulfonamides is 1. The maximum absolute atomic E-state index is 12.6. The molecule has 7 nitrogen and oxygen atoms in total. The number of para-hydroxylation sites is 1. The summed E-state index contributed by atoms with van der Waals surface area (Å²) >= 11 is 1.21. The van der Waals surface area contributed by atoms with Gasteiger partial charge in [-0.2, -0.15) is 0 Å². The predicted octanol–water partition coefficient (Wildman–Crippen LogP) is 3.80. The molecule has 2 heterocycles. The molecule has 156 valence electrons. The molecular formula is C21H22N4O3S2. The van der Waals surface area contributed by atoms with Crippen LogP contribution in [0.5, 0.6) is 0 Å². The molecule has 3 aromatic rings. The van der Waals surface area contributed by atoms with Crippen molar-refractivity contribution >= 4 is 43.8 Å². The van der Waals surface area contributed by atoms with E-state index < -0.39 is 10.0 Å². The molecule has 1 amide bonds. The number of nitrogens with one attached hydrogen (secondary N) is 2. The lowest BCUT2D eigenvalue weighted by Crippen LogP contribution is -2.38. The first-order chi connectivity index (χ1) is 14.5. The number of hydrogen-bond donors (Lipinski definition) is 2. The summed E-state index contributed by atoms with van der Waals surface area (Å²) in [4.78, 5) is 19.0. The highest BCUT2D eigenvalue weighted by Gasteiger charge is 2.25. The van der Waals surface area contributed by atoms with Crippen LogP contribution in [0.15, 0.2) is 71.1 Å². The van der Waals surface area contributed by atoms with Gasteiger partial charge in [-0.3, -0.25) is 9.52 Å². The number of amides is 1. The molecule has 2 aromatic carbocycles. The van der Waals surface area contributed by atoms with Crippen LogP contribution in [0.25, 0.3) is 0 Å². The van der Waals surface area contributed by atoms with Crippen molar-refractivity contribution in [2.45, 2.75) is 17.7 Å². The van der Waals surface area contributed by atoms with Gasteiger partial charge < -0.3 is 10.2 Å². The Labute approximate surface area is 179 Å². The van der Waals surface area contributed by atoms with E-state index in [1.807, 2.05) is 18.2 Å². The topological polar surface area (TPSA) is 91.4 Å². The molecule has 1 aliphatic rings. The smallest absolute Gasteiger partial charge is 0.263 e. The van der Waals surface area contributed by atoms with Crippen LogP contribution in [0.4, 0.5) is 16.5 Å². The quantitative estimate of drug-likeness (QED) is 0.606. The van der Waals surface area contributed by atoms with Gasteiger partial charge in [0.2, 0.25) is 5.91 Å². The largest absolute Gasteiger partial charge is 0.371 e. The van der Waals surface area contributed by atoms with E-state index in [9.17, 15) is 13.2 Å². The molecule has 0 spiro atoms. The molecule has 1 fully saturated rings. The molecule has 1 aromatic heterocycles. The highest BCUT2D eigenvalue weighted by molar-refractivity contribution is 7.93. The van der Waals surface area contributed by atoms with Crippen LogP contribution in [-0.4, -0.2) is 32.4 Å². The van der Waals surface area contributed by atoms with E-state index in [1.54, 1.807) is 17.5 Å². The van der Waals surface area contributed by atoms with Crippen molar-refractivity contribution in [1.82, 2.24) is 4.98 Å². The monoisotopic (exact) mass is 442 g/mol. The van der Waals surface area contributed by atoms with Crippen LogP contribution in [0.1, 0.15) is 12.8 Å². The minimum Gasteiger partial charge on any atom is -0.371 e. The fourth-order valence-electron chi connectivity index (χ4n) is 3.45. The normalized spacial score (nSPS) is 15.0. The summed E-state index contributed by atoms with van der Waals surface area (Å²) < 4.78 is 27.2. The molecule has 30 heavy (non-hydrogen) atoms. The zero-order chi connectivity index (χ0) is 21.0. The van der Waals surface area contributed by atoms with Gasteiger partial charge in [0.25, 0.3) is 10.0 Å². The van der Waals surface area contributed by atoms with Crippen LogP contribution in [0.2, 0.25) is 0 Å². The first kappa shape index (κ1) is 20.4. The van der Waals surface area contributed by atoms with E-state index in [0.717, 1.165) is 25.9 Å². The van der Waals surface area contributed by atoms with Crippen molar-refractivity contribution in [3.05, 3.63) is 66.2 Å². The highest BCUT2D eigenvalue weighted by Crippen LogP contribution is 2.25. The molecule has 0 unspecified atom stereocenters. The maximum Gasteiger partial charge on any atom is 0.263 e. The van der Waals surface area contributed by atoms with Crippen molar-refractivity contribution in [3.8, 4) is 0 Å². The third-order valence-electron chi connectivity index (χ3n) is 5.07. The Balaban J connectivity index is 1.33. The average Bonchev–Trinajstić information content (AvgIpc) is 3.27. The molecule has 4 rings (SSSR count). The van der Waals surface area contributed by atoms with Crippen LogP contribution in [-0.2, 0) is 14.8 Å². The zero-order valence-electron chi connectivity index (χ0n) is 16.2. The van der Waals surface area contributed by atoms with Crippen molar-refractivity contribution < 1.29 is 13.2 Å². The van der Waals surface area contributed by atoms with E-state index >= 15 is 0 Å². The summed E-state index contributed by atoms with van der Waals surface area (Å²) in [5.41, 5.74) is 1.76. The number of nitrogens with zero attached hydrogens (tertiary/aromatic N) is 2. The number of thiazole rings is 1. The standard InChI is InChI=1S/C21H22N4O3S2/c26-20(16-10-13-25(14-11-16)18-4-2-1-3-5-18)23-17-6-8-19(9-7-17)30(27,28)24-21-22-12-15-29-21/h1-9,12,15-16H,10-11,13-14H2,(H,22,24)(H,23,26). The Morgan fingerprint density at radius 2 is 1.73 bits per heavy atom. The van der Waals surface area contributed by atoms with E-state index in [4.69, 9.17) is 0 Å². The van der Waals surface area contributed by atoms with E-state index in [0.29, 0.717) is 10.8 Å². The van der Waals surface area contributed by atoms with Gasteiger partial charge in [0, 0.05) is 42.0 Å². The van der Waals surface area contributed by atoms with E-state index in [1.165, 1.54) is 35.4 Å². The zero-order valence-corrected chi connectivity index (χ0v) is 17.8. The van der Waals surface area contributed by atoms with Crippen LogP contribution >= 0.6 is 11.3 Å². The van der Waals surface area contributed by atoms with Crippen LogP contribution in [0.3, 0.4) is 0 Å². The number of piperidine rings is 1. The number of hydrogen-bond acceptors (Lipinski definition) is 6. The number of carbonyl (C=O) groups is 1. The summed E-state index contributed by atoms with van der Waals surface area (Å²) in [6.07, 6.45) is 3.10. The van der Waals surface area contributed by atoms with E-state index in [2.05, 4.69) is 32.1 Å². The van der Waals surface area contributed by atoms with Crippen molar-refractivity contribution in [3.63, 3.8) is 0 Å². The first-order valence-corrected chi connectivity index (χ1v) is 12.0. The van der Waals surface area contributed by atoms with Gasteiger partial charge in [0.15, 0.2) is 5.13 Å². The third kappa shape index (κ3) is 4.80. The number of benzene rings is 2. The second-order valence-corrected chi connectivity index (χ2v) is 9.63. The predicted molar refractivity (Wildman–Crippen MR) is 119 cm³/mol. The Morgan fingerprint density at radius 1 is 1.03 bits per heavy atom. The summed E-state index contributed by atoms with van der Waals surface area (Å²) in [6.45, 7) is 1.67. The highest BCUT2D eigenvalue weighted by atomic mass is 32.2. The van der Waals surface area contributed by atoms with Crippen LogP contribution in [0, 0.1) is 5.92 Å². The second-order valence-electron chi connectivity index (χ2n) is 7.05. The Kier molecular flexibility index (Phi) is 6.01. The Bertz CT molecular complexity index is 1080. The van der Waals surface area contributed by atoms with Gasteiger partial charge in [0.05, 0.1) is 4.90 Å². The van der Waals surface area contributed by atoms with Crippen molar-refractivity contribution in [2.24, 2.45) is 5.92 Å². The number of rotatable bonds is 6. The molecule has 1 aliphatic heterocycles. The molecule has 0 radical (unpaired) electrons. The lowest BCUT2D eigenvalue weighted by Gasteiger charge is -2.33. The average molecular weight is 443 g/mol. The van der Waals surface area contributed by atoms with Gasteiger partial charge in [-0.1, -0.05) is 18.2 Å². The molecule has 1 saturated heterocycles. The molecule has 0 aliphatic carbocycles. The lowest BCUT2D eigenvalue weighted by molar-refractivity contribution is -0.120. The fourth-order valence-corrected chi connectivity index (χ4v) is 5.24. The van der Waals surface area contributed by atoms with Gasteiger partial charge in [-0.05, 0) is 49.2 Å². The van der Waals surface area contributed by atoms with Gasteiger partial charge >= 0.3 is 0 Å². The number of carbonyl (C=O) groups excluding carboxylic acids is 1. The molecular weight excluding hydrogens is 420 g/mol. The van der Waals surface area contributed by atoms with Gasteiger partial charge in [-0.15, -0.1) is 11.3 Å². The van der Waals surface area contributed by atoms with Crippen molar-refractivity contribution in [2.75, 3.05) is 28.0 Å². The number of aromatic nitrogens is 1. The molecule has 0 saturated carbocycles. The molecule has 0 bridgehead atoms. The SMILES string of the molecule is O=C(Nc1ccc(S(=O)(=O)Nc2nccs2)cc1)C1CCN(c2ccccc2)CC1. The van der Waals surface area contributed by atoms with Gasteiger partial charge in [0.1, 0.15) is 0 Å². The molecule has 2 N–H and O–H groups in total. The first-order valence-electron chi connectivity index (χ1n) is 9.64. The summed E-state index contributed by atoms with van der Waals surface area (Å²) in [7, 11) is -3.70. The minimum atomic E-state index is -3.70.